The SMILES string of the molecule is Cn1nccc1NCC1CSCCN1. The lowest BCUT2D eigenvalue weighted by molar-refractivity contribution is 0.584. The van der Waals surface area contributed by atoms with Crippen LogP contribution in [0.5, 0.6) is 0 Å². The molecular weight excluding hydrogens is 196 g/mol. The van der Waals surface area contributed by atoms with E-state index in [0.717, 1.165) is 18.9 Å². The predicted molar refractivity (Wildman–Crippen MR) is 60.8 cm³/mol. The largest absolute Gasteiger partial charge is 0.369 e. The first-order valence-electron chi connectivity index (χ1n) is 4.89. The Balaban J connectivity index is 1.79. The summed E-state index contributed by atoms with van der Waals surface area (Å²) in [6.45, 7) is 2.11. The first-order valence-corrected chi connectivity index (χ1v) is 6.05. The summed E-state index contributed by atoms with van der Waals surface area (Å²) in [7, 11) is 1.95. The van der Waals surface area contributed by atoms with Gasteiger partial charge in [0.15, 0.2) is 0 Å². The van der Waals surface area contributed by atoms with E-state index in [1.807, 2.05) is 35.8 Å². The van der Waals surface area contributed by atoms with Crippen molar-refractivity contribution in [1.29, 1.82) is 0 Å². The van der Waals surface area contributed by atoms with E-state index in [-0.39, 0.29) is 0 Å². The Kier molecular flexibility index (Phi) is 3.31. The molecule has 0 radical (unpaired) electrons. The molecule has 5 heteroatoms. The maximum Gasteiger partial charge on any atom is 0.123 e. The van der Waals surface area contributed by atoms with E-state index in [1.54, 1.807) is 0 Å². The molecule has 0 aromatic carbocycles. The highest BCUT2D eigenvalue weighted by Gasteiger charge is 2.12. The topological polar surface area (TPSA) is 41.9 Å². The van der Waals surface area contributed by atoms with E-state index in [2.05, 4.69) is 15.7 Å². The molecule has 1 aliphatic heterocycles. The van der Waals surface area contributed by atoms with E-state index in [0.29, 0.717) is 6.04 Å². The first-order chi connectivity index (χ1) is 6.86. The normalized spacial score (nSPS) is 22.2. The summed E-state index contributed by atoms with van der Waals surface area (Å²) < 4.78 is 1.86. The van der Waals surface area contributed by atoms with Crippen LogP contribution in [0.15, 0.2) is 12.3 Å². The third-order valence-corrected chi connectivity index (χ3v) is 3.48. The van der Waals surface area contributed by atoms with Crippen LogP contribution in [0.25, 0.3) is 0 Å². The molecule has 2 N–H and O–H groups in total. The van der Waals surface area contributed by atoms with Gasteiger partial charge in [0.05, 0.1) is 6.20 Å². The van der Waals surface area contributed by atoms with Crippen LogP contribution in [0, 0.1) is 0 Å². The van der Waals surface area contributed by atoms with Gasteiger partial charge < -0.3 is 10.6 Å². The van der Waals surface area contributed by atoms with Gasteiger partial charge in [0, 0.05) is 43.8 Å². The van der Waals surface area contributed by atoms with Crippen molar-refractivity contribution >= 4 is 17.6 Å². The van der Waals surface area contributed by atoms with Crippen LogP contribution in [-0.2, 0) is 7.05 Å². The highest BCUT2D eigenvalue weighted by Crippen LogP contribution is 2.09. The molecule has 1 aromatic heterocycles. The second-order valence-corrected chi connectivity index (χ2v) is 4.60. The summed E-state index contributed by atoms with van der Waals surface area (Å²) in [5.41, 5.74) is 0. The Morgan fingerprint density at radius 3 is 3.36 bits per heavy atom. The van der Waals surface area contributed by atoms with E-state index >= 15 is 0 Å². The molecule has 1 saturated heterocycles. The molecule has 0 amide bonds. The molecule has 0 spiro atoms. The smallest absolute Gasteiger partial charge is 0.123 e. The van der Waals surface area contributed by atoms with Gasteiger partial charge in [-0.05, 0) is 0 Å². The van der Waals surface area contributed by atoms with Crippen LogP contribution in [0.4, 0.5) is 5.82 Å². The number of aryl methyl sites for hydroxylation is 1. The number of rotatable bonds is 3. The van der Waals surface area contributed by atoms with Gasteiger partial charge in [-0.1, -0.05) is 0 Å². The van der Waals surface area contributed by atoms with Gasteiger partial charge in [-0.15, -0.1) is 0 Å². The van der Waals surface area contributed by atoms with Gasteiger partial charge in [0.25, 0.3) is 0 Å². The minimum absolute atomic E-state index is 0.587. The molecule has 2 heterocycles. The first kappa shape index (κ1) is 9.86. The molecule has 1 fully saturated rings. The highest BCUT2D eigenvalue weighted by atomic mass is 32.2. The zero-order valence-electron chi connectivity index (χ0n) is 8.36. The lowest BCUT2D eigenvalue weighted by Gasteiger charge is -2.23. The number of anilines is 1. The second kappa shape index (κ2) is 4.70. The van der Waals surface area contributed by atoms with Crippen molar-refractivity contribution in [2.24, 2.45) is 7.05 Å². The van der Waals surface area contributed by atoms with Gasteiger partial charge in [-0.25, -0.2) is 0 Å². The lowest BCUT2D eigenvalue weighted by atomic mass is 10.3. The lowest BCUT2D eigenvalue weighted by Crippen LogP contribution is -2.42. The summed E-state index contributed by atoms with van der Waals surface area (Å²) in [6.07, 6.45) is 1.81. The fourth-order valence-electron chi connectivity index (χ4n) is 1.53. The standard InChI is InChI=1S/C9H16N4S/c1-13-9(2-3-12-13)11-6-8-7-14-5-4-10-8/h2-3,8,10-11H,4-7H2,1H3. The van der Waals surface area contributed by atoms with Crippen molar-refractivity contribution in [3.05, 3.63) is 12.3 Å². The van der Waals surface area contributed by atoms with E-state index in [9.17, 15) is 0 Å². The van der Waals surface area contributed by atoms with Crippen LogP contribution in [0.1, 0.15) is 0 Å². The summed E-state index contributed by atoms with van der Waals surface area (Å²) in [6, 6.07) is 2.58. The van der Waals surface area contributed by atoms with Crippen molar-refractivity contribution in [3.63, 3.8) is 0 Å². The average Bonchev–Trinajstić information content (AvgIpc) is 2.63. The fraction of sp³-hybridized carbons (Fsp3) is 0.667. The van der Waals surface area contributed by atoms with Crippen LogP contribution < -0.4 is 10.6 Å². The molecular formula is C9H16N4S. The zero-order valence-corrected chi connectivity index (χ0v) is 9.18. The Bertz CT molecular complexity index is 280. The molecule has 0 aliphatic carbocycles. The Morgan fingerprint density at radius 2 is 2.71 bits per heavy atom. The highest BCUT2D eigenvalue weighted by molar-refractivity contribution is 7.99. The summed E-state index contributed by atoms with van der Waals surface area (Å²) >= 11 is 2.02. The van der Waals surface area contributed by atoms with E-state index in [4.69, 9.17) is 0 Å². The van der Waals surface area contributed by atoms with Crippen molar-refractivity contribution in [2.75, 3.05) is 29.9 Å². The Hall–Kier alpha value is -0.680. The van der Waals surface area contributed by atoms with Gasteiger partial charge in [0.1, 0.15) is 5.82 Å². The van der Waals surface area contributed by atoms with E-state index < -0.39 is 0 Å². The molecule has 0 bridgehead atoms. The van der Waals surface area contributed by atoms with Gasteiger partial charge >= 0.3 is 0 Å². The van der Waals surface area contributed by atoms with Gasteiger partial charge in [-0.2, -0.15) is 16.9 Å². The third-order valence-electron chi connectivity index (χ3n) is 2.35. The Labute approximate surface area is 88.4 Å². The minimum Gasteiger partial charge on any atom is -0.369 e. The maximum absolute atomic E-state index is 4.11. The average molecular weight is 212 g/mol. The number of aromatic nitrogens is 2. The molecule has 0 saturated carbocycles. The van der Waals surface area contributed by atoms with E-state index in [1.165, 1.54) is 11.5 Å². The number of nitrogens with zero attached hydrogens (tertiary/aromatic N) is 2. The predicted octanol–water partition coefficient (Wildman–Crippen LogP) is 0.537. The molecule has 1 unspecified atom stereocenters. The van der Waals surface area contributed by atoms with Crippen molar-refractivity contribution in [1.82, 2.24) is 15.1 Å². The second-order valence-electron chi connectivity index (χ2n) is 3.45. The quantitative estimate of drug-likeness (QED) is 0.767. The molecule has 2 rings (SSSR count). The summed E-state index contributed by atoms with van der Waals surface area (Å²) in [4.78, 5) is 0. The number of thioether (sulfide) groups is 1. The van der Waals surface area contributed by atoms with Crippen molar-refractivity contribution < 1.29 is 0 Å². The van der Waals surface area contributed by atoms with Gasteiger partial charge in [0.2, 0.25) is 0 Å². The minimum atomic E-state index is 0.587. The molecule has 1 aromatic rings. The zero-order chi connectivity index (χ0) is 9.80. The number of nitrogens with one attached hydrogen (secondary N) is 2. The summed E-state index contributed by atoms with van der Waals surface area (Å²) in [5, 5.41) is 11.0. The molecule has 78 valence electrons. The maximum atomic E-state index is 4.11. The number of hydrogen-bond acceptors (Lipinski definition) is 4. The van der Waals surface area contributed by atoms with Crippen molar-refractivity contribution in [3.8, 4) is 0 Å². The summed E-state index contributed by atoms with van der Waals surface area (Å²) in [5.74, 6) is 3.52. The molecule has 1 atom stereocenters. The van der Waals surface area contributed by atoms with Crippen LogP contribution >= 0.6 is 11.8 Å². The van der Waals surface area contributed by atoms with Gasteiger partial charge in [-0.3, -0.25) is 4.68 Å². The molecule has 4 nitrogen and oxygen atoms in total. The van der Waals surface area contributed by atoms with Crippen LogP contribution in [-0.4, -0.2) is 40.4 Å². The van der Waals surface area contributed by atoms with Crippen LogP contribution in [0.2, 0.25) is 0 Å². The monoisotopic (exact) mass is 212 g/mol. The molecule has 1 aliphatic rings. The Morgan fingerprint density at radius 1 is 1.79 bits per heavy atom. The van der Waals surface area contributed by atoms with Crippen molar-refractivity contribution in [2.45, 2.75) is 6.04 Å². The fourth-order valence-corrected chi connectivity index (χ4v) is 2.48. The van der Waals surface area contributed by atoms with Crippen LogP contribution in [0.3, 0.4) is 0 Å². The molecule has 14 heavy (non-hydrogen) atoms. The third kappa shape index (κ3) is 2.42. The number of hydrogen-bond donors (Lipinski definition) is 2.